The minimum absolute atomic E-state index is 0.0884. The molecule has 2 amide bonds. The smallest absolute Gasteiger partial charge is 0.234 e. The predicted molar refractivity (Wildman–Crippen MR) is 129 cm³/mol. The Morgan fingerprint density at radius 1 is 1.00 bits per heavy atom. The molecule has 31 heavy (non-hydrogen) atoms. The van der Waals surface area contributed by atoms with Crippen LogP contribution in [0.1, 0.15) is 16.8 Å². The highest BCUT2D eigenvalue weighted by Crippen LogP contribution is 2.28. The zero-order valence-electron chi connectivity index (χ0n) is 17.0. The van der Waals surface area contributed by atoms with E-state index in [9.17, 15) is 9.59 Å². The fourth-order valence-corrected chi connectivity index (χ4v) is 5.47. The van der Waals surface area contributed by atoms with Crippen molar-refractivity contribution in [1.29, 1.82) is 0 Å². The Labute approximate surface area is 192 Å². The second-order valence-electron chi connectivity index (χ2n) is 6.97. The number of thioether (sulfide) groups is 1. The second kappa shape index (κ2) is 9.59. The zero-order chi connectivity index (χ0) is 21.8. The lowest BCUT2D eigenvalue weighted by Gasteiger charge is -2.04. The van der Waals surface area contributed by atoms with Crippen molar-refractivity contribution in [2.45, 2.75) is 24.6 Å². The van der Waals surface area contributed by atoms with Gasteiger partial charge in [-0.2, -0.15) is 0 Å². The summed E-state index contributed by atoms with van der Waals surface area (Å²) >= 11 is 4.25. The lowest BCUT2D eigenvalue weighted by atomic mass is 10.2. The highest BCUT2D eigenvalue weighted by molar-refractivity contribution is 8.01. The van der Waals surface area contributed by atoms with Crippen LogP contribution in [0, 0.1) is 13.8 Å². The van der Waals surface area contributed by atoms with E-state index in [1.54, 1.807) is 0 Å². The number of nitrogens with one attached hydrogen (secondary N) is 2. The van der Waals surface area contributed by atoms with E-state index < -0.39 is 0 Å². The first-order chi connectivity index (χ1) is 15.0. The van der Waals surface area contributed by atoms with Crippen LogP contribution in [-0.2, 0) is 16.0 Å². The van der Waals surface area contributed by atoms with Crippen LogP contribution in [0.2, 0.25) is 0 Å². The number of carbonyl (C=O) groups is 2. The van der Waals surface area contributed by atoms with E-state index in [4.69, 9.17) is 0 Å². The van der Waals surface area contributed by atoms with Gasteiger partial charge in [0.25, 0.3) is 0 Å². The fraction of sp³-hybridized carbons (Fsp3) is 0.182. The molecule has 0 saturated heterocycles. The summed E-state index contributed by atoms with van der Waals surface area (Å²) in [7, 11) is 0. The lowest BCUT2D eigenvalue weighted by Crippen LogP contribution is -2.14. The van der Waals surface area contributed by atoms with Crippen LogP contribution in [0.4, 0.5) is 10.8 Å². The van der Waals surface area contributed by atoms with Crippen LogP contribution in [0.25, 0.3) is 10.2 Å². The molecular formula is C22H20N4O2S3. The molecule has 2 heterocycles. The number of fused-ring (bicyclic) bond motifs is 1. The van der Waals surface area contributed by atoms with Crippen LogP contribution in [-0.4, -0.2) is 27.5 Å². The van der Waals surface area contributed by atoms with Crippen LogP contribution < -0.4 is 10.6 Å². The number of amides is 2. The summed E-state index contributed by atoms with van der Waals surface area (Å²) in [6, 6.07) is 13.6. The molecule has 0 radical (unpaired) electrons. The molecule has 0 aliphatic rings. The maximum absolute atomic E-state index is 12.4. The Kier molecular flexibility index (Phi) is 6.64. The van der Waals surface area contributed by atoms with Gasteiger partial charge >= 0.3 is 0 Å². The normalized spacial score (nSPS) is 10.9. The molecule has 0 atom stereocenters. The van der Waals surface area contributed by atoms with Crippen LogP contribution in [0.5, 0.6) is 0 Å². The highest BCUT2D eigenvalue weighted by atomic mass is 32.2. The topological polar surface area (TPSA) is 84.0 Å². The summed E-state index contributed by atoms with van der Waals surface area (Å²) < 4.78 is 1.81. The number of aromatic nitrogens is 2. The van der Waals surface area contributed by atoms with Crippen molar-refractivity contribution in [3.63, 3.8) is 0 Å². The molecule has 9 heteroatoms. The van der Waals surface area contributed by atoms with Gasteiger partial charge in [-0.3, -0.25) is 9.59 Å². The van der Waals surface area contributed by atoms with Crippen molar-refractivity contribution in [1.82, 2.24) is 9.97 Å². The Balaban J connectivity index is 1.28. The molecule has 0 bridgehead atoms. The van der Waals surface area contributed by atoms with Crippen molar-refractivity contribution in [2.24, 2.45) is 0 Å². The van der Waals surface area contributed by atoms with E-state index in [2.05, 4.69) is 20.6 Å². The number of nitrogens with zero attached hydrogens (tertiary/aromatic N) is 2. The van der Waals surface area contributed by atoms with Gasteiger partial charge in [0.1, 0.15) is 0 Å². The first kappa shape index (κ1) is 21.5. The molecule has 0 aliphatic carbocycles. The van der Waals surface area contributed by atoms with Gasteiger partial charge in [0.2, 0.25) is 11.8 Å². The summed E-state index contributed by atoms with van der Waals surface area (Å²) in [6.07, 6.45) is 0.168. The summed E-state index contributed by atoms with van der Waals surface area (Å²) in [6.45, 7) is 4.00. The van der Waals surface area contributed by atoms with E-state index >= 15 is 0 Å². The number of anilines is 2. The summed E-state index contributed by atoms with van der Waals surface area (Å²) in [5, 5.41) is 8.17. The van der Waals surface area contributed by atoms with Crippen LogP contribution >= 0.6 is 34.4 Å². The number of carbonyl (C=O) groups excluding carboxylic acids is 2. The number of hydrogen-bond donors (Lipinski definition) is 2. The Morgan fingerprint density at radius 3 is 2.58 bits per heavy atom. The van der Waals surface area contributed by atoms with Gasteiger partial charge in [-0.05, 0) is 37.6 Å². The number of aryl methyl sites for hydroxylation is 2. The standard InChI is InChI=1S/C22H20N4O2S3/c1-13-6-8-15(9-7-13)23-19(28)12-30-22-24-16(11-29-22)10-18(27)25-21-26-20-14(2)4-3-5-17(20)31-21/h3-9,11H,10,12H2,1-2H3,(H,23,28)(H,25,26,27). The van der Waals surface area contributed by atoms with E-state index in [0.29, 0.717) is 10.8 Å². The third kappa shape index (κ3) is 5.69. The lowest BCUT2D eigenvalue weighted by molar-refractivity contribution is -0.116. The van der Waals surface area contributed by atoms with Gasteiger partial charge in [0.15, 0.2) is 9.47 Å². The monoisotopic (exact) mass is 468 g/mol. The molecule has 0 fully saturated rings. The quantitative estimate of drug-likeness (QED) is 0.361. The summed E-state index contributed by atoms with van der Waals surface area (Å²) in [5.41, 5.74) is 4.60. The van der Waals surface area contributed by atoms with Gasteiger partial charge in [0.05, 0.1) is 28.1 Å². The van der Waals surface area contributed by atoms with Crippen molar-refractivity contribution in [2.75, 3.05) is 16.4 Å². The minimum Gasteiger partial charge on any atom is -0.325 e. The third-order valence-electron chi connectivity index (χ3n) is 4.40. The van der Waals surface area contributed by atoms with Crippen LogP contribution in [0.15, 0.2) is 52.2 Å². The molecular weight excluding hydrogens is 448 g/mol. The Morgan fingerprint density at radius 2 is 1.81 bits per heavy atom. The molecule has 158 valence electrons. The fourth-order valence-electron chi connectivity index (χ4n) is 2.86. The number of benzene rings is 2. The van der Waals surface area contributed by atoms with Crippen molar-refractivity contribution >= 4 is 67.3 Å². The maximum Gasteiger partial charge on any atom is 0.234 e. The first-order valence-electron chi connectivity index (χ1n) is 9.56. The van der Waals surface area contributed by atoms with Gasteiger partial charge in [-0.25, -0.2) is 9.97 Å². The molecule has 2 aromatic heterocycles. The largest absolute Gasteiger partial charge is 0.325 e. The molecule has 2 aromatic carbocycles. The Bertz CT molecular complexity index is 1230. The minimum atomic E-state index is -0.157. The maximum atomic E-state index is 12.4. The van der Waals surface area contributed by atoms with Gasteiger partial charge in [-0.15, -0.1) is 11.3 Å². The molecule has 0 unspecified atom stereocenters. The average molecular weight is 469 g/mol. The number of para-hydroxylation sites is 1. The molecule has 0 spiro atoms. The highest BCUT2D eigenvalue weighted by Gasteiger charge is 2.13. The van der Waals surface area contributed by atoms with E-state index in [1.165, 1.54) is 34.4 Å². The van der Waals surface area contributed by atoms with E-state index in [-0.39, 0.29) is 24.0 Å². The van der Waals surface area contributed by atoms with E-state index in [1.807, 2.05) is 61.7 Å². The zero-order valence-corrected chi connectivity index (χ0v) is 19.4. The number of rotatable bonds is 7. The second-order valence-corrected chi connectivity index (χ2v) is 10.1. The first-order valence-corrected chi connectivity index (χ1v) is 12.2. The molecule has 6 nitrogen and oxygen atoms in total. The average Bonchev–Trinajstić information content (AvgIpc) is 3.35. The molecule has 0 saturated carbocycles. The van der Waals surface area contributed by atoms with E-state index in [0.717, 1.165) is 31.4 Å². The van der Waals surface area contributed by atoms with Gasteiger partial charge in [0, 0.05) is 11.1 Å². The summed E-state index contributed by atoms with van der Waals surface area (Å²) in [4.78, 5) is 33.5. The Hall–Kier alpha value is -2.75. The molecule has 4 rings (SSSR count). The SMILES string of the molecule is Cc1ccc(NC(=O)CSc2nc(CC(=O)Nc3nc4c(C)cccc4s3)cs2)cc1. The van der Waals surface area contributed by atoms with Gasteiger partial charge < -0.3 is 10.6 Å². The third-order valence-corrected chi connectivity index (χ3v) is 7.41. The van der Waals surface area contributed by atoms with Gasteiger partial charge in [-0.1, -0.05) is 52.9 Å². The van der Waals surface area contributed by atoms with Crippen molar-refractivity contribution in [3.8, 4) is 0 Å². The number of thiazole rings is 2. The van der Waals surface area contributed by atoms with Crippen LogP contribution in [0.3, 0.4) is 0 Å². The number of hydrogen-bond acceptors (Lipinski definition) is 7. The van der Waals surface area contributed by atoms with Crippen molar-refractivity contribution in [3.05, 3.63) is 64.7 Å². The predicted octanol–water partition coefficient (Wildman–Crippen LogP) is 5.28. The molecule has 4 aromatic rings. The van der Waals surface area contributed by atoms with Crippen molar-refractivity contribution < 1.29 is 9.59 Å². The molecule has 2 N–H and O–H groups in total. The molecule has 0 aliphatic heterocycles. The summed E-state index contributed by atoms with van der Waals surface area (Å²) in [5.74, 6) is 0.0168.